The Hall–Kier alpha value is -0.120. The zero-order valence-electron chi connectivity index (χ0n) is 8.71. The van der Waals surface area contributed by atoms with Crippen molar-refractivity contribution >= 4 is 0 Å². The zero-order chi connectivity index (χ0) is 9.52. The lowest BCUT2D eigenvalue weighted by molar-refractivity contribution is 0.0551. The molecule has 0 aromatic rings. The molecule has 1 saturated heterocycles. The maximum atomic E-state index is 5.43. The summed E-state index contributed by atoms with van der Waals surface area (Å²) >= 11 is 0. The molecule has 0 spiro atoms. The fraction of sp³-hybridized carbons (Fsp3) is 1.00. The molecule has 1 fully saturated rings. The summed E-state index contributed by atoms with van der Waals surface area (Å²) in [4.78, 5) is 0. The van der Waals surface area contributed by atoms with Gasteiger partial charge in [-0.25, -0.2) is 0 Å². The smallest absolute Gasteiger partial charge is 0.0619 e. The van der Waals surface area contributed by atoms with E-state index in [0.29, 0.717) is 12.1 Å². The van der Waals surface area contributed by atoms with Crippen LogP contribution in [0.1, 0.15) is 26.7 Å². The lowest BCUT2D eigenvalue weighted by Gasteiger charge is -2.23. The van der Waals surface area contributed by atoms with Gasteiger partial charge >= 0.3 is 0 Å². The van der Waals surface area contributed by atoms with E-state index in [4.69, 9.17) is 9.47 Å². The Balaban J connectivity index is 1.92. The van der Waals surface area contributed by atoms with E-state index in [1.165, 1.54) is 12.8 Å². The molecular weight excluding hydrogens is 166 g/mol. The van der Waals surface area contributed by atoms with Crippen LogP contribution in [0.2, 0.25) is 0 Å². The summed E-state index contributed by atoms with van der Waals surface area (Å²) in [7, 11) is 0. The Morgan fingerprint density at radius 3 is 3.00 bits per heavy atom. The summed E-state index contributed by atoms with van der Waals surface area (Å²) in [5, 5.41) is 3.43. The van der Waals surface area contributed by atoms with Gasteiger partial charge in [-0.2, -0.15) is 0 Å². The maximum Gasteiger partial charge on any atom is 0.0619 e. The van der Waals surface area contributed by atoms with E-state index in [-0.39, 0.29) is 0 Å². The molecule has 0 aromatic carbocycles. The Morgan fingerprint density at radius 2 is 2.38 bits per heavy atom. The van der Waals surface area contributed by atoms with Gasteiger partial charge in [-0.05, 0) is 26.7 Å². The van der Waals surface area contributed by atoms with Crippen LogP contribution in [0.15, 0.2) is 0 Å². The van der Waals surface area contributed by atoms with Gasteiger partial charge in [0.15, 0.2) is 0 Å². The first kappa shape index (κ1) is 11.0. The molecular formula is C10H21NO2. The Kier molecular flexibility index (Phi) is 5.35. The normalized spacial score (nSPS) is 23.8. The third-order valence-electron chi connectivity index (χ3n) is 2.15. The summed E-state index contributed by atoms with van der Waals surface area (Å²) in [6.07, 6.45) is 2.76. The molecule has 1 N–H and O–H groups in total. The quantitative estimate of drug-likeness (QED) is 0.656. The predicted octanol–water partition coefficient (Wildman–Crippen LogP) is 1.18. The number of rotatable bonds is 5. The number of nitrogens with one attached hydrogen (secondary N) is 1. The SMILES string of the molecule is CC(C)OCCNC1CCCOC1. The molecule has 13 heavy (non-hydrogen) atoms. The molecule has 3 heteroatoms. The molecule has 0 amide bonds. The van der Waals surface area contributed by atoms with Gasteiger partial charge in [0.25, 0.3) is 0 Å². The molecule has 1 aliphatic rings. The van der Waals surface area contributed by atoms with Gasteiger partial charge < -0.3 is 14.8 Å². The van der Waals surface area contributed by atoms with Crippen molar-refractivity contribution in [3.63, 3.8) is 0 Å². The van der Waals surface area contributed by atoms with Crippen molar-refractivity contribution in [1.82, 2.24) is 5.32 Å². The van der Waals surface area contributed by atoms with Gasteiger partial charge in [0.1, 0.15) is 0 Å². The van der Waals surface area contributed by atoms with Crippen LogP contribution in [0.5, 0.6) is 0 Å². The molecule has 3 nitrogen and oxygen atoms in total. The topological polar surface area (TPSA) is 30.5 Å². The highest BCUT2D eigenvalue weighted by atomic mass is 16.5. The van der Waals surface area contributed by atoms with Crippen molar-refractivity contribution in [2.45, 2.75) is 38.8 Å². The second kappa shape index (κ2) is 6.35. The van der Waals surface area contributed by atoms with Crippen molar-refractivity contribution < 1.29 is 9.47 Å². The van der Waals surface area contributed by atoms with E-state index >= 15 is 0 Å². The van der Waals surface area contributed by atoms with Crippen molar-refractivity contribution in [1.29, 1.82) is 0 Å². The third-order valence-corrected chi connectivity index (χ3v) is 2.15. The lowest BCUT2D eigenvalue weighted by Crippen LogP contribution is -2.38. The molecule has 0 bridgehead atoms. The van der Waals surface area contributed by atoms with E-state index in [1.54, 1.807) is 0 Å². The molecule has 0 saturated carbocycles. The number of hydrogen-bond acceptors (Lipinski definition) is 3. The molecule has 1 heterocycles. The molecule has 0 radical (unpaired) electrons. The first-order chi connectivity index (χ1) is 6.29. The summed E-state index contributed by atoms with van der Waals surface area (Å²) in [5.41, 5.74) is 0. The average molecular weight is 187 g/mol. The van der Waals surface area contributed by atoms with Gasteiger partial charge in [0.05, 0.1) is 19.3 Å². The van der Waals surface area contributed by atoms with Crippen LogP contribution in [0.25, 0.3) is 0 Å². The van der Waals surface area contributed by atoms with E-state index in [2.05, 4.69) is 19.2 Å². The molecule has 1 atom stereocenters. The van der Waals surface area contributed by atoms with E-state index in [1.807, 2.05) is 0 Å². The molecule has 0 aromatic heterocycles. The van der Waals surface area contributed by atoms with E-state index in [0.717, 1.165) is 26.4 Å². The highest BCUT2D eigenvalue weighted by Crippen LogP contribution is 2.04. The van der Waals surface area contributed by atoms with Crippen LogP contribution in [-0.4, -0.2) is 38.5 Å². The van der Waals surface area contributed by atoms with Crippen LogP contribution in [0.3, 0.4) is 0 Å². The fourth-order valence-electron chi connectivity index (χ4n) is 1.46. The van der Waals surface area contributed by atoms with E-state index < -0.39 is 0 Å². The first-order valence-corrected chi connectivity index (χ1v) is 5.22. The molecule has 1 rings (SSSR count). The second-order valence-electron chi connectivity index (χ2n) is 3.79. The molecule has 0 aliphatic carbocycles. The van der Waals surface area contributed by atoms with E-state index in [9.17, 15) is 0 Å². The van der Waals surface area contributed by atoms with Crippen LogP contribution in [0.4, 0.5) is 0 Å². The Bertz CT molecular complexity index is 122. The predicted molar refractivity (Wildman–Crippen MR) is 52.9 cm³/mol. The van der Waals surface area contributed by atoms with Gasteiger partial charge in [0, 0.05) is 19.2 Å². The van der Waals surface area contributed by atoms with Gasteiger partial charge in [-0.3, -0.25) is 0 Å². The summed E-state index contributed by atoms with van der Waals surface area (Å²) in [6.45, 7) is 7.65. The third kappa shape index (κ3) is 5.24. The average Bonchev–Trinajstić information content (AvgIpc) is 2.14. The number of hydrogen-bond donors (Lipinski definition) is 1. The standard InChI is InChI=1S/C10H21NO2/c1-9(2)13-7-5-11-10-4-3-6-12-8-10/h9-11H,3-8H2,1-2H3. The van der Waals surface area contributed by atoms with Crippen LogP contribution in [-0.2, 0) is 9.47 Å². The summed E-state index contributed by atoms with van der Waals surface area (Å²) < 4.78 is 10.8. The van der Waals surface area contributed by atoms with Crippen molar-refractivity contribution in [2.24, 2.45) is 0 Å². The Labute approximate surface area is 80.8 Å². The fourth-order valence-corrected chi connectivity index (χ4v) is 1.46. The highest BCUT2D eigenvalue weighted by molar-refractivity contribution is 4.69. The van der Waals surface area contributed by atoms with Crippen molar-refractivity contribution in [2.75, 3.05) is 26.4 Å². The minimum absolute atomic E-state index is 0.337. The largest absolute Gasteiger partial charge is 0.380 e. The first-order valence-electron chi connectivity index (χ1n) is 5.22. The summed E-state index contributed by atoms with van der Waals surface area (Å²) in [5.74, 6) is 0. The lowest BCUT2D eigenvalue weighted by atomic mass is 10.1. The maximum absolute atomic E-state index is 5.43. The van der Waals surface area contributed by atoms with Gasteiger partial charge in [-0.15, -0.1) is 0 Å². The monoisotopic (exact) mass is 187 g/mol. The van der Waals surface area contributed by atoms with Crippen LogP contribution in [0, 0.1) is 0 Å². The Morgan fingerprint density at radius 1 is 1.54 bits per heavy atom. The minimum atomic E-state index is 0.337. The van der Waals surface area contributed by atoms with Crippen LogP contribution < -0.4 is 5.32 Å². The molecule has 1 aliphatic heterocycles. The molecule has 78 valence electrons. The zero-order valence-corrected chi connectivity index (χ0v) is 8.71. The minimum Gasteiger partial charge on any atom is -0.380 e. The molecule has 1 unspecified atom stereocenters. The summed E-state index contributed by atoms with van der Waals surface area (Å²) in [6, 6.07) is 0.546. The van der Waals surface area contributed by atoms with Crippen LogP contribution >= 0.6 is 0 Å². The van der Waals surface area contributed by atoms with Crippen molar-refractivity contribution in [3.05, 3.63) is 0 Å². The van der Waals surface area contributed by atoms with Gasteiger partial charge in [-0.1, -0.05) is 0 Å². The van der Waals surface area contributed by atoms with Gasteiger partial charge in [0.2, 0.25) is 0 Å². The number of ether oxygens (including phenoxy) is 2. The highest BCUT2D eigenvalue weighted by Gasteiger charge is 2.12. The van der Waals surface area contributed by atoms with Crippen molar-refractivity contribution in [3.8, 4) is 0 Å². The second-order valence-corrected chi connectivity index (χ2v) is 3.79.